The summed E-state index contributed by atoms with van der Waals surface area (Å²) in [6.45, 7) is 4.64. The first-order valence-corrected chi connectivity index (χ1v) is 11.0. The van der Waals surface area contributed by atoms with E-state index in [4.69, 9.17) is 0 Å². The number of nitrogens with one attached hydrogen (secondary N) is 1. The normalized spacial score (nSPS) is 12.1. The van der Waals surface area contributed by atoms with Gasteiger partial charge in [0.05, 0.1) is 16.9 Å². The van der Waals surface area contributed by atoms with Crippen molar-refractivity contribution in [3.05, 3.63) is 63.7 Å². The Hall–Kier alpha value is -3.27. The fraction of sp³-hybridized carbons (Fsp3) is 0.300. The molecule has 2 aromatic carbocycles. The molecule has 0 aliphatic carbocycles. The van der Waals surface area contributed by atoms with E-state index in [0.717, 1.165) is 16.6 Å². The summed E-state index contributed by atoms with van der Waals surface area (Å²) in [4.78, 5) is 35.1. The number of nitrogens with zero attached hydrogens (tertiary/aromatic N) is 2. The summed E-state index contributed by atoms with van der Waals surface area (Å²) in [6, 6.07) is 8.98. The van der Waals surface area contributed by atoms with Crippen molar-refractivity contribution in [2.24, 2.45) is 0 Å². The van der Waals surface area contributed by atoms with Crippen LogP contribution in [-0.4, -0.2) is 37.3 Å². The molecule has 0 aromatic heterocycles. The molecule has 0 bridgehead atoms. The predicted molar refractivity (Wildman–Crippen MR) is 114 cm³/mol. The lowest BCUT2D eigenvalue weighted by Gasteiger charge is -2.31. The number of anilines is 2. The van der Waals surface area contributed by atoms with Gasteiger partial charge in [-0.2, -0.15) is 0 Å². The lowest BCUT2D eigenvalue weighted by molar-refractivity contribution is -0.384. The van der Waals surface area contributed by atoms with Crippen LogP contribution in [0.1, 0.15) is 36.2 Å². The van der Waals surface area contributed by atoms with E-state index in [1.54, 1.807) is 32.0 Å². The number of Topliss-reactive ketones (excluding diaryl/α,β-unsaturated/α-hetero) is 1. The maximum absolute atomic E-state index is 13.0. The standard InChI is InChI=1S/C20H23N3O6S/c1-5-18(20(25)21-16-8-6-7-15(11-16)14(3)24)22(30(4,28)29)19-12-17(23(26)27)10-9-13(19)2/h6-12,18H,5H2,1-4H3,(H,21,25). The number of sulfonamides is 1. The van der Waals surface area contributed by atoms with E-state index in [9.17, 15) is 28.1 Å². The molecule has 0 spiro atoms. The highest BCUT2D eigenvalue weighted by molar-refractivity contribution is 7.92. The number of non-ortho nitro benzene ring substituents is 1. The summed E-state index contributed by atoms with van der Waals surface area (Å²) in [5.74, 6) is -0.794. The molecule has 0 heterocycles. The van der Waals surface area contributed by atoms with Gasteiger partial charge in [0.1, 0.15) is 6.04 Å². The van der Waals surface area contributed by atoms with E-state index in [0.29, 0.717) is 16.8 Å². The van der Waals surface area contributed by atoms with E-state index >= 15 is 0 Å². The van der Waals surface area contributed by atoms with Crippen LogP contribution in [0.25, 0.3) is 0 Å². The Labute approximate surface area is 174 Å². The summed E-state index contributed by atoms with van der Waals surface area (Å²) in [6.07, 6.45) is 1.06. The third-order valence-electron chi connectivity index (χ3n) is 4.51. The first-order chi connectivity index (χ1) is 14.0. The zero-order valence-electron chi connectivity index (χ0n) is 17.1. The third-order valence-corrected chi connectivity index (χ3v) is 5.67. The topological polar surface area (TPSA) is 127 Å². The van der Waals surface area contributed by atoms with Crippen LogP contribution in [0.5, 0.6) is 0 Å². The molecule has 0 aliphatic rings. The molecular formula is C20H23N3O6S. The summed E-state index contributed by atoms with van der Waals surface area (Å²) in [5.41, 5.74) is 0.987. The molecule has 1 amide bonds. The minimum absolute atomic E-state index is 0.0613. The van der Waals surface area contributed by atoms with Crippen molar-refractivity contribution in [3.63, 3.8) is 0 Å². The number of hydrogen-bond acceptors (Lipinski definition) is 6. The van der Waals surface area contributed by atoms with Crippen LogP contribution in [0.4, 0.5) is 17.1 Å². The number of carbonyl (C=O) groups is 2. The first-order valence-electron chi connectivity index (χ1n) is 9.12. The number of ketones is 1. The second kappa shape index (κ2) is 9.04. The van der Waals surface area contributed by atoms with Gasteiger partial charge in [-0.3, -0.25) is 24.0 Å². The maximum atomic E-state index is 13.0. The Morgan fingerprint density at radius 1 is 1.20 bits per heavy atom. The number of benzene rings is 2. The summed E-state index contributed by atoms with van der Waals surface area (Å²) < 4.78 is 26.1. The average molecular weight is 433 g/mol. The number of rotatable bonds is 8. The van der Waals surface area contributed by atoms with Crippen molar-refractivity contribution < 1.29 is 22.9 Å². The number of amides is 1. The molecule has 2 aromatic rings. The monoisotopic (exact) mass is 433 g/mol. The van der Waals surface area contributed by atoms with E-state index in [1.807, 2.05) is 0 Å². The molecular weight excluding hydrogens is 410 g/mol. The van der Waals surface area contributed by atoms with Gasteiger partial charge >= 0.3 is 0 Å². The van der Waals surface area contributed by atoms with Crippen LogP contribution < -0.4 is 9.62 Å². The Morgan fingerprint density at radius 3 is 2.40 bits per heavy atom. The zero-order chi connectivity index (χ0) is 22.6. The highest BCUT2D eigenvalue weighted by atomic mass is 32.2. The third kappa shape index (κ3) is 5.20. The van der Waals surface area contributed by atoms with Crippen molar-refractivity contribution in [1.82, 2.24) is 0 Å². The summed E-state index contributed by atoms with van der Waals surface area (Å²) in [7, 11) is -3.96. The highest BCUT2D eigenvalue weighted by Gasteiger charge is 2.33. The lowest BCUT2D eigenvalue weighted by Crippen LogP contribution is -2.47. The summed E-state index contributed by atoms with van der Waals surface area (Å²) >= 11 is 0. The van der Waals surface area contributed by atoms with Crippen LogP contribution >= 0.6 is 0 Å². The van der Waals surface area contributed by atoms with Gasteiger partial charge in [-0.15, -0.1) is 0 Å². The molecule has 1 atom stereocenters. The van der Waals surface area contributed by atoms with Gasteiger partial charge in [0.25, 0.3) is 5.69 Å². The maximum Gasteiger partial charge on any atom is 0.271 e. The number of aryl methyl sites for hydroxylation is 1. The molecule has 0 saturated heterocycles. The second-order valence-electron chi connectivity index (χ2n) is 6.84. The Morgan fingerprint density at radius 2 is 1.87 bits per heavy atom. The zero-order valence-corrected chi connectivity index (χ0v) is 17.9. The van der Waals surface area contributed by atoms with Gasteiger partial charge in [0, 0.05) is 23.4 Å². The van der Waals surface area contributed by atoms with Gasteiger partial charge in [-0.1, -0.05) is 25.1 Å². The number of hydrogen-bond donors (Lipinski definition) is 1. The van der Waals surface area contributed by atoms with Crippen molar-refractivity contribution in [3.8, 4) is 0 Å². The molecule has 1 N–H and O–H groups in total. The van der Waals surface area contributed by atoms with Gasteiger partial charge < -0.3 is 5.32 Å². The van der Waals surface area contributed by atoms with Crippen molar-refractivity contribution >= 4 is 38.8 Å². The Kier molecular flexibility index (Phi) is 6.93. The number of carbonyl (C=O) groups excluding carboxylic acids is 2. The molecule has 10 heteroatoms. The number of nitro groups is 1. The van der Waals surface area contributed by atoms with E-state index < -0.39 is 26.9 Å². The van der Waals surface area contributed by atoms with Gasteiger partial charge in [-0.05, 0) is 38.0 Å². The van der Waals surface area contributed by atoms with Gasteiger partial charge in [-0.25, -0.2) is 8.42 Å². The van der Waals surface area contributed by atoms with Crippen molar-refractivity contribution in [1.29, 1.82) is 0 Å². The first kappa shape index (κ1) is 23.0. The van der Waals surface area contributed by atoms with Crippen LogP contribution in [0.3, 0.4) is 0 Å². The second-order valence-corrected chi connectivity index (χ2v) is 8.70. The molecule has 0 fully saturated rings. The van der Waals surface area contributed by atoms with Crippen LogP contribution in [0.15, 0.2) is 42.5 Å². The smallest absolute Gasteiger partial charge is 0.271 e. The van der Waals surface area contributed by atoms with E-state index in [1.165, 1.54) is 25.1 Å². The molecule has 0 saturated carbocycles. The van der Waals surface area contributed by atoms with Crippen LogP contribution in [0.2, 0.25) is 0 Å². The fourth-order valence-electron chi connectivity index (χ4n) is 3.03. The molecule has 1 unspecified atom stereocenters. The van der Waals surface area contributed by atoms with Crippen molar-refractivity contribution in [2.45, 2.75) is 33.2 Å². The van der Waals surface area contributed by atoms with Crippen LogP contribution in [-0.2, 0) is 14.8 Å². The predicted octanol–water partition coefficient (Wildman–Crippen LogP) is 3.29. The van der Waals surface area contributed by atoms with Crippen LogP contribution in [0, 0.1) is 17.0 Å². The van der Waals surface area contributed by atoms with Gasteiger partial charge in [0.15, 0.2) is 5.78 Å². The average Bonchev–Trinajstić information content (AvgIpc) is 2.65. The van der Waals surface area contributed by atoms with Crippen molar-refractivity contribution in [2.75, 3.05) is 15.9 Å². The SMILES string of the molecule is CCC(C(=O)Nc1cccc(C(C)=O)c1)N(c1cc([N+](=O)[O-])ccc1C)S(C)(=O)=O. The fourth-order valence-corrected chi connectivity index (χ4v) is 4.29. The van der Waals surface area contributed by atoms with Gasteiger partial charge in [0.2, 0.25) is 15.9 Å². The number of nitro benzene ring substituents is 1. The largest absolute Gasteiger partial charge is 0.324 e. The quantitative estimate of drug-likeness (QED) is 0.387. The minimum Gasteiger partial charge on any atom is -0.324 e. The van der Waals surface area contributed by atoms with E-state index in [2.05, 4.69) is 5.32 Å². The summed E-state index contributed by atoms with van der Waals surface area (Å²) in [5, 5.41) is 13.8. The minimum atomic E-state index is -3.96. The Bertz CT molecular complexity index is 1100. The lowest BCUT2D eigenvalue weighted by atomic mass is 10.1. The molecule has 2 rings (SSSR count). The van der Waals surface area contributed by atoms with E-state index in [-0.39, 0.29) is 23.6 Å². The highest BCUT2D eigenvalue weighted by Crippen LogP contribution is 2.30. The molecule has 0 radical (unpaired) electrons. The molecule has 30 heavy (non-hydrogen) atoms. The molecule has 9 nitrogen and oxygen atoms in total. The molecule has 0 aliphatic heterocycles. The molecule has 160 valence electrons. The Balaban J connectivity index is 2.49.